The number of carbonyl (C=O) groups is 2. The number of rotatable bonds is 3. The molecule has 102 valence electrons. The van der Waals surface area contributed by atoms with E-state index in [1.807, 2.05) is 6.92 Å². The zero-order valence-electron chi connectivity index (χ0n) is 10.6. The van der Waals surface area contributed by atoms with Crippen molar-refractivity contribution in [3.63, 3.8) is 0 Å². The van der Waals surface area contributed by atoms with E-state index in [2.05, 4.69) is 5.32 Å². The molecule has 0 radical (unpaired) electrons. The molecule has 2 aliphatic heterocycles. The van der Waals surface area contributed by atoms with Gasteiger partial charge in [0.1, 0.15) is 0 Å². The summed E-state index contributed by atoms with van der Waals surface area (Å²) in [6, 6.07) is 0. The second-order valence-electron chi connectivity index (χ2n) is 5.12. The Bertz CT molecular complexity index is 328. The summed E-state index contributed by atoms with van der Waals surface area (Å²) in [4.78, 5) is 24.7. The van der Waals surface area contributed by atoms with E-state index in [0.717, 1.165) is 6.54 Å². The van der Waals surface area contributed by atoms with Crippen LogP contribution in [0, 0.1) is 11.8 Å². The number of hydrogen-bond donors (Lipinski definition) is 2. The third-order valence-electron chi connectivity index (χ3n) is 3.69. The number of morpholine rings is 1. The van der Waals surface area contributed by atoms with E-state index in [9.17, 15) is 9.59 Å². The molecule has 2 fully saturated rings. The average Bonchev–Trinajstić information content (AvgIpc) is 2.73. The Hall–Kier alpha value is -1.14. The van der Waals surface area contributed by atoms with Gasteiger partial charge in [-0.1, -0.05) is 6.92 Å². The third-order valence-corrected chi connectivity index (χ3v) is 3.69. The normalized spacial score (nSPS) is 32.5. The molecule has 2 saturated heterocycles. The first-order valence-electron chi connectivity index (χ1n) is 6.41. The van der Waals surface area contributed by atoms with Gasteiger partial charge in [0.2, 0.25) is 5.91 Å². The molecule has 2 aliphatic rings. The van der Waals surface area contributed by atoms with Crippen LogP contribution < -0.4 is 5.32 Å². The van der Waals surface area contributed by atoms with Crippen LogP contribution in [-0.2, 0) is 14.3 Å². The fourth-order valence-electron chi connectivity index (χ4n) is 2.57. The average molecular weight is 256 g/mol. The van der Waals surface area contributed by atoms with Crippen molar-refractivity contribution in [3.05, 3.63) is 0 Å². The Morgan fingerprint density at radius 1 is 1.44 bits per heavy atom. The predicted molar refractivity (Wildman–Crippen MR) is 64.1 cm³/mol. The van der Waals surface area contributed by atoms with Crippen LogP contribution in [0.3, 0.4) is 0 Å². The van der Waals surface area contributed by atoms with Gasteiger partial charge < -0.3 is 20.1 Å². The lowest BCUT2D eigenvalue weighted by atomic mass is 9.99. The van der Waals surface area contributed by atoms with Crippen molar-refractivity contribution in [3.8, 4) is 0 Å². The van der Waals surface area contributed by atoms with Crippen LogP contribution >= 0.6 is 0 Å². The molecule has 0 bridgehead atoms. The SMILES string of the molecule is C[C@@H]1CN(C(=O)CC2CNCCO2)C[C@H]1C(=O)O. The minimum atomic E-state index is -0.812. The molecule has 0 saturated carbocycles. The zero-order chi connectivity index (χ0) is 13.1. The first-order chi connectivity index (χ1) is 8.58. The van der Waals surface area contributed by atoms with Crippen LogP contribution in [0.4, 0.5) is 0 Å². The van der Waals surface area contributed by atoms with Gasteiger partial charge in [0, 0.05) is 26.2 Å². The lowest BCUT2D eigenvalue weighted by Crippen LogP contribution is -2.42. The molecule has 2 N–H and O–H groups in total. The molecule has 18 heavy (non-hydrogen) atoms. The van der Waals surface area contributed by atoms with Crippen molar-refractivity contribution >= 4 is 11.9 Å². The van der Waals surface area contributed by atoms with Gasteiger partial charge in [-0.15, -0.1) is 0 Å². The number of carbonyl (C=O) groups excluding carboxylic acids is 1. The van der Waals surface area contributed by atoms with E-state index >= 15 is 0 Å². The Morgan fingerprint density at radius 3 is 2.78 bits per heavy atom. The molecule has 0 aromatic rings. The minimum Gasteiger partial charge on any atom is -0.481 e. The van der Waals surface area contributed by atoms with E-state index in [4.69, 9.17) is 9.84 Å². The molecule has 0 aromatic carbocycles. The molecule has 3 atom stereocenters. The largest absolute Gasteiger partial charge is 0.481 e. The molecular weight excluding hydrogens is 236 g/mol. The molecule has 6 heteroatoms. The van der Waals surface area contributed by atoms with Crippen molar-refractivity contribution in [2.24, 2.45) is 11.8 Å². The van der Waals surface area contributed by atoms with Crippen LogP contribution in [0.25, 0.3) is 0 Å². The fourth-order valence-corrected chi connectivity index (χ4v) is 2.57. The molecule has 0 spiro atoms. The fraction of sp³-hybridized carbons (Fsp3) is 0.833. The van der Waals surface area contributed by atoms with E-state index in [1.165, 1.54) is 0 Å². The van der Waals surface area contributed by atoms with Crippen molar-refractivity contribution in [2.45, 2.75) is 19.4 Å². The third kappa shape index (κ3) is 3.00. The number of carboxylic acid groups (broad SMARTS) is 1. The van der Waals surface area contributed by atoms with Crippen LogP contribution in [-0.4, -0.2) is 60.8 Å². The number of likely N-dealkylation sites (tertiary alicyclic amines) is 1. The molecule has 2 rings (SSSR count). The van der Waals surface area contributed by atoms with Gasteiger partial charge in [0.05, 0.1) is 25.0 Å². The predicted octanol–water partition coefficient (Wildman–Crippen LogP) is -0.456. The number of nitrogens with zero attached hydrogens (tertiary/aromatic N) is 1. The number of nitrogens with one attached hydrogen (secondary N) is 1. The lowest BCUT2D eigenvalue weighted by molar-refractivity contribution is -0.142. The van der Waals surface area contributed by atoms with Gasteiger partial charge in [-0.25, -0.2) is 0 Å². The Labute approximate surface area is 106 Å². The maximum absolute atomic E-state index is 12.1. The molecule has 2 heterocycles. The van der Waals surface area contributed by atoms with Crippen molar-refractivity contribution < 1.29 is 19.4 Å². The van der Waals surface area contributed by atoms with Crippen LogP contribution in [0.15, 0.2) is 0 Å². The van der Waals surface area contributed by atoms with Gasteiger partial charge in [-0.05, 0) is 5.92 Å². The van der Waals surface area contributed by atoms with E-state index < -0.39 is 11.9 Å². The summed E-state index contributed by atoms with van der Waals surface area (Å²) in [5.74, 6) is -1.22. The number of aliphatic carboxylic acids is 1. The Morgan fingerprint density at radius 2 is 2.22 bits per heavy atom. The van der Waals surface area contributed by atoms with Crippen LogP contribution in [0.1, 0.15) is 13.3 Å². The summed E-state index contributed by atoms with van der Waals surface area (Å²) in [5.41, 5.74) is 0. The highest BCUT2D eigenvalue weighted by molar-refractivity contribution is 5.79. The first kappa shape index (κ1) is 13.3. The number of hydrogen-bond acceptors (Lipinski definition) is 4. The van der Waals surface area contributed by atoms with Gasteiger partial charge in [-0.3, -0.25) is 9.59 Å². The van der Waals surface area contributed by atoms with Gasteiger partial charge in [-0.2, -0.15) is 0 Å². The second kappa shape index (κ2) is 5.67. The maximum atomic E-state index is 12.1. The highest BCUT2D eigenvalue weighted by Crippen LogP contribution is 2.24. The molecule has 1 unspecified atom stereocenters. The van der Waals surface area contributed by atoms with Gasteiger partial charge in [0.25, 0.3) is 0 Å². The zero-order valence-corrected chi connectivity index (χ0v) is 10.6. The summed E-state index contributed by atoms with van der Waals surface area (Å²) in [5, 5.41) is 12.2. The van der Waals surface area contributed by atoms with E-state index in [-0.39, 0.29) is 17.9 Å². The van der Waals surface area contributed by atoms with Gasteiger partial charge >= 0.3 is 5.97 Å². The quantitative estimate of drug-likeness (QED) is 0.714. The highest BCUT2D eigenvalue weighted by atomic mass is 16.5. The number of carboxylic acids is 1. The monoisotopic (exact) mass is 256 g/mol. The molecule has 1 amide bonds. The second-order valence-corrected chi connectivity index (χ2v) is 5.12. The first-order valence-corrected chi connectivity index (χ1v) is 6.41. The standard InChI is InChI=1S/C12H20N2O4/c1-8-6-14(7-10(8)12(16)17)11(15)4-9-5-13-2-3-18-9/h8-10,13H,2-7H2,1H3,(H,16,17)/t8-,9?,10-/m1/s1. The lowest BCUT2D eigenvalue weighted by Gasteiger charge is -2.25. The summed E-state index contributed by atoms with van der Waals surface area (Å²) < 4.78 is 5.48. The molecular formula is C12H20N2O4. The van der Waals surface area contributed by atoms with Crippen molar-refractivity contribution in [1.82, 2.24) is 10.2 Å². The summed E-state index contributed by atoms with van der Waals surface area (Å²) in [6.07, 6.45) is 0.261. The summed E-state index contributed by atoms with van der Waals surface area (Å²) >= 11 is 0. The number of amides is 1. The molecule has 6 nitrogen and oxygen atoms in total. The highest BCUT2D eigenvalue weighted by Gasteiger charge is 2.37. The topological polar surface area (TPSA) is 78.9 Å². The Kier molecular flexibility index (Phi) is 4.19. The molecule has 0 aromatic heterocycles. The van der Waals surface area contributed by atoms with Crippen LogP contribution in [0.2, 0.25) is 0 Å². The summed E-state index contributed by atoms with van der Waals surface area (Å²) in [7, 11) is 0. The Balaban J connectivity index is 1.84. The van der Waals surface area contributed by atoms with Gasteiger partial charge in [0.15, 0.2) is 0 Å². The maximum Gasteiger partial charge on any atom is 0.308 e. The minimum absolute atomic E-state index is 0.000648. The van der Waals surface area contributed by atoms with Crippen molar-refractivity contribution in [2.75, 3.05) is 32.8 Å². The number of ether oxygens (including phenoxy) is 1. The molecule has 0 aliphatic carbocycles. The van der Waals surface area contributed by atoms with Crippen LogP contribution in [0.5, 0.6) is 0 Å². The van der Waals surface area contributed by atoms with E-state index in [0.29, 0.717) is 32.7 Å². The smallest absolute Gasteiger partial charge is 0.308 e. The van der Waals surface area contributed by atoms with E-state index in [1.54, 1.807) is 4.90 Å². The van der Waals surface area contributed by atoms with Crippen molar-refractivity contribution in [1.29, 1.82) is 0 Å². The summed E-state index contributed by atoms with van der Waals surface area (Å²) in [6.45, 7) is 4.90.